The van der Waals surface area contributed by atoms with Crippen LogP contribution in [0.5, 0.6) is 0 Å². The second kappa shape index (κ2) is 6.18. The van der Waals surface area contributed by atoms with Gasteiger partial charge in [-0.3, -0.25) is 9.59 Å². The fourth-order valence-electron chi connectivity index (χ4n) is 2.35. The van der Waals surface area contributed by atoms with E-state index in [1.165, 1.54) is 0 Å². The molecule has 1 saturated heterocycles. The Morgan fingerprint density at radius 2 is 2.11 bits per heavy atom. The first-order valence-corrected chi connectivity index (χ1v) is 6.53. The zero-order chi connectivity index (χ0) is 13.8. The first-order valence-electron chi connectivity index (χ1n) is 6.53. The quantitative estimate of drug-likeness (QED) is 0.796. The molecule has 1 atom stereocenters. The molecule has 0 aliphatic carbocycles. The van der Waals surface area contributed by atoms with Crippen LogP contribution in [0.15, 0.2) is 0 Å². The van der Waals surface area contributed by atoms with Crippen LogP contribution in [0, 0.1) is 0 Å². The van der Waals surface area contributed by atoms with Crippen LogP contribution in [0.3, 0.4) is 0 Å². The van der Waals surface area contributed by atoms with Gasteiger partial charge in [0.25, 0.3) is 0 Å². The lowest BCUT2D eigenvalue weighted by Crippen LogP contribution is -2.55. The first-order chi connectivity index (χ1) is 8.42. The molecular formula is C13H24N2O3. The Morgan fingerprint density at radius 3 is 2.67 bits per heavy atom. The summed E-state index contributed by atoms with van der Waals surface area (Å²) in [6.45, 7) is 6.58. The summed E-state index contributed by atoms with van der Waals surface area (Å²) in [5.41, 5.74) is -0.826. The SMILES string of the molecule is CCCC(COC)N1CCC(=O)NC(C)(C)C1=O. The summed E-state index contributed by atoms with van der Waals surface area (Å²) in [5.74, 6) is -0.0904. The number of amides is 2. The van der Waals surface area contributed by atoms with E-state index >= 15 is 0 Å². The average Bonchev–Trinajstić information content (AvgIpc) is 2.37. The molecule has 0 aromatic rings. The minimum Gasteiger partial charge on any atom is -0.383 e. The number of ether oxygens (including phenoxy) is 1. The Hall–Kier alpha value is -1.10. The molecule has 1 N–H and O–H groups in total. The first kappa shape index (κ1) is 15.0. The predicted molar refractivity (Wildman–Crippen MR) is 69.1 cm³/mol. The minimum absolute atomic E-state index is 0.0242. The fourth-order valence-corrected chi connectivity index (χ4v) is 2.35. The molecule has 2 amide bonds. The lowest BCUT2D eigenvalue weighted by atomic mass is 10.0. The predicted octanol–water partition coefficient (Wildman–Crippen LogP) is 0.929. The normalized spacial score (nSPS) is 21.4. The van der Waals surface area contributed by atoms with Crippen LogP contribution in [0.2, 0.25) is 0 Å². The second-order valence-electron chi connectivity index (χ2n) is 5.32. The van der Waals surface area contributed by atoms with Crippen molar-refractivity contribution in [2.75, 3.05) is 20.3 Å². The van der Waals surface area contributed by atoms with E-state index in [0.29, 0.717) is 19.6 Å². The Morgan fingerprint density at radius 1 is 1.44 bits per heavy atom. The van der Waals surface area contributed by atoms with Gasteiger partial charge in [-0.25, -0.2) is 0 Å². The van der Waals surface area contributed by atoms with Crippen molar-refractivity contribution in [3.05, 3.63) is 0 Å². The van der Waals surface area contributed by atoms with Crippen molar-refractivity contribution in [1.82, 2.24) is 10.2 Å². The van der Waals surface area contributed by atoms with Gasteiger partial charge in [-0.05, 0) is 20.3 Å². The van der Waals surface area contributed by atoms with Crippen molar-refractivity contribution in [1.29, 1.82) is 0 Å². The molecular weight excluding hydrogens is 232 g/mol. The van der Waals surface area contributed by atoms with E-state index in [-0.39, 0.29) is 17.9 Å². The van der Waals surface area contributed by atoms with Crippen molar-refractivity contribution < 1.29 is 14.3 Å². The second-order valence-corrected chi connectivity index (χ2v) is 5.32. The summed E-state index contributed by atoms with van der Waals surface area (Å²) in [6, 6.07) is 0.0551. The van der Waals surface area contributed by atoms with Gasteiger partial charge in [-0.1, -0.05) is 13.3 Å². The van der Waals surface area contributed by atoms with Crippen molar-refractivity contribution in [2.45, 2.75) is 51.6 Å². The van der Waals surface area contributed by atoms with Crippen LogP contribution in [0.25, 0.3) is 0 Å². The molecule has 0 spiro atoms. The Bertz CT molecular complexity index is 309. The van der Waals surface area contributed by atoms with Gasteiger partial charge in [0.15, 0.2) is 0 Å². The summed E-state index contributed by atoms with van der Waals surface area (Å²) in [7, 11) is 1.64. The van der Waals surface area contributed by atoms with Crippen LogP contribution in [-0.4, -0.2) is 48.6 Å². The number of carbonyl (C=O) groups is 2. The standard InChI is InChI=1S/C13H24N2O3/c1-5-6-10(9-18-4)15-8-7-11(16)14-13(2,3)12(15)17/h10H,5-9H2,1-4H3,(H,14,16). The number of hydrogen-bond acceptors (Lipinski definition) is 3. The minimum atomic E-state index is -0.826. The van der Waals surface area contributed by atoms with Gasteiger partial charge in [0.05, 0.1) is 12.6 Å². The van der Waals surface area contributed by atoms with Crippen LogP contribution in [0.1, 0.15) is 40.0 Å². The third-order valence-electron chi connectivity index (χ3n) is 3.25. The highest BCUT2D eigenvalue weighted by Crippen LogP contribution is 2.18. The largest absolute Gasteiger partial charge is 0.383 e. The van der Waals surface area contributed by atoms with Crippen LogP contribution in [0.4, 0.5) is 0 Å². The van der Waals surface area contributed by atoms with Crippen LogP contribution < -0.4 is 5.32 Å². The third-order valence-corrected chi connectivity index (χ3v) is 3.25. The van der Waals surface area contributed by atoms with E-state index in [2.05, 4.69) is 12.2 Å². The summed E-state index contributed by atoms with van der Waals surface area (Å²) >= 11 is 0. The molecule has 1 heterocycles. The number of nitrogens with one attached hydrogen (secondary N) is 1. The number of carbonyl (C=O) groups excluding carboxylic acids is 2. The smallest absolute Gasteiger partial charge is 0.248 e. The third kappa shape index (κ3) is 3.45. The monoisotopic (exact) mass is 256 g/mol. The van der Waals surface area contributed by atoms with Gasteiger partial charge in [-0.15, -0.1) is 0 Å². The molecule has 0 bridgehead atoms. The van der Waals surface area contributed by atoms with Crippen molar-refractivity contribution >= 4 is 11.8 Å². The van der Waals surface area contributed by atoms with Gasteiger partial charge < -0.3 is 15.0 Å². The highest BCUT2D eigenvalue weighted by molar-refractivity contribution is 5.93. The molecule has 1 unspecified atom stereocenters. The molecule has 0 aromatic carbocycles. The molecule has 1 rings (SSSR count). The van der Waals surface area contributed by atoms with Gasteiger partial charge in [-0.2, -0.15) is 0 Å². The molecule has 1 aliphatic rings. The number of hydrogen-bond donors (Lipinski definition) is 1. The molecule has 104 valence electrons. The van der Waals surface area contributed by atoms with Gasteiger partial charge in [0, 0.05) is 20.1 Å². The van der Waals surface area contributed by atoms with E-state index < -0.39 is 5.54 Å². The molecule has 5 heteroatoms. The topological polar surface area (TPSA) is 58.6 Å². The Kier molecular flexibility index (Phi) is 5.14. The maximum absolute atomic E-state index is 12.5. The number of nitrogens with zero attached hydrogens (tertiary/aromatic N) is 1. The van der Waals surface area contributed by atoms with Gasteiger partial charge in [0.2, 0.25) is 11.8 Å². The number of methoxy groups -OCH3 is 1. The molecule has 0 radical (unpaired) electrons. The lowest BCUT2D eigenvalue weighted by Gasteiger charge is -2.34. The molecule has 0 aromatic heterocycles. The molecule has 0 saturated carbocycles. The van der Waals surface area contributed by atoms with Crippen LogP contribution >= 0.6 is 0 Å². The summed E-state index contributed by atoms with van der Waals surface area (Å²) in [4.78, 5) is 25.9. The van der Waals surface area contributed by atoms with E-state index in [1.54, 1.807) is 25.9 Å². The molecule has 1 fully saturated rings. The molecule has 18 heavy (non-hydrogen) atoms. The summed E-state index contributed by atoms with van der Waals surface area (Å²) in [6.07, 6.45) is 2.24. The Balaban J connectivity index is 2.89. The van der Waals surface area contributed by atoms with Crippen molar-refractivity contribution in [3.8, 4) is 0 Å². The van der Waals surface area contributed by atoms with Crippen molar-refractivity contribution in [2.24, 2.45) is 0 Å². The zero-order valence-corrected chi connectivity index (χ0v) is 11.8. The fraction of sp³-hybridized carbons (Fsp3) is 0.846. The summed E-state index contributed by atoms with van der Waals surface area (Å²) in [5, 5.41) is 2.77. The highest BCUT2D eigenvalue weighted by atomic mass is 16.5. The van der Waals surface area contributed by atoms with Gasteiger partial charge >= 0.3 is 0 Å². The molecule has 5 nitrogen and oxygen atoms in total. The summed E-state index contributed by atoms with van der Waals surface area (Å²) < 4.78 is 5.19. The van der Waals surface area contributed by atoms with E-state index in [9.17, 15) is 9.59 Å². The van der Waals surface area contributed by atoms with E-state index in [0.717, 1.165) is 12.8 Å². The van der Waals surface area contributed by atoms with E-state index in [1.807, 2.05) is 0 Å². The van der Waals surface area contributed by atoms with Crippen LogP contribution in [-0.2, 0) is 14.3 Å². The number of rotatable bonds is 5. The Labute approximate surface area is 109 Å². The molecule has 1 aliphatic heterocycles. The van der Waals surface area contributed by atoms with Crippen molar-refractivity contribution in [3.63, 3.8) is 0 Å². The zero-order valence-electron chi connectivity index (χ0n) is 11.8. The maximum Gasteiger partial charge on any atom is 0.248 e. The van der Waals surface area contributed by atoms with Gasteiger partial charge in [0.1, 0.15) is 5.54 Å². The maximum atomic E-state index is 12.5. The lowest BCUT2D eigenvalue weighted by molar-refractivity contribution is -0.140. The highest BCUT2D eigenvalue weighted by Gasteiger charge is 2.38. The average molecular weight is 256 g/mol. The van der Waals surface area contributed by atoms with E-state index in [4.69, 9.17) is 4.74 Å².